The number of aromatic nitrogens is 4. The maximum absolute atomic E-state index is 12.9. The fraction of sp³-hybridized carbons (Fsp3) is 0.435. The van der Waals surface area contributed by atoms with Crippen molar-refractivity contribution in [3.8, 4) is 11.4 Å². The molecule has 1 aliphatic heterocycles. The highest BCUT2D eigenvalue weighted by molar-refractivity contribution is 5.93. The molecule has 9 nitrogen and oxygen atoms in total. The average molecular weight is 438 g/mol. The van der Waals surface area contributed by atoms with Crippen molar-refractivity contribution in [3.05, 3.63) is 54.4 Å². The third-order valence-corrected chi connectivity index (χ3v) is 5.70. The van der Waals surface area contributed by atoms with E-state index < -0.39 is 0 Å². The van der Waals surface area contributed by atoms with Gasteiger partial charge in [0.2, 0.25) is 11.7 Å². The Hall–Kier alpha value is -3.49. The number of likely N-dealkylation sites (tertiary alicyclic amines) is 1. The lowest BCUT2D eigenvalue weighted by Crippen LogP contribution is -2.44. The standard InChI is InChI=1S/C23H27N5O4/c1-27-13-5-8-19(27)23(30)28-14-3-2-7-18(28)11-15-31-21(29)10-9-20-25-22(26-32-20)17-6-4-12-24-16-17/h4-6,8,12-13,16,18H,2-3,7,9-11,14-15H2,1H3. The maximum Gasteiger partial charge on any atom is 0.306 e. The first-order valence-corrected chi connectivity index (χ1v) is 10.9. The second-order valence-corrected chi connectivity index (χ2v) is 7.92. The summed E-state index contributed by atoms with van der Waals surface area (Å²) < 4.78 is 12.5. The van der Waals surface area contributed by atoms with Gasteiger partial charge in [0.05, 0.1) is 13.0 Å². The Morgan fingerprint density at radius 3 is 2.94 bits per heavy atom. The van der Waals surface area contributed by atoms with Gasteiger partial charge in [-0.1, -0.05) is 5.16 Å². The smallest absolute Gasteiger partial charge is 0.306 e. The Labute approximate surface area is 186 Å². The largest absolute Gasteiger partial charge is 0.466 e. The van der Waals surface area contributed by atoms with Crippen LogP contribution in [0, 0.1) is 0 Å². The van der Waals surface area contributed by atoms with Crippen molar-refractivity contribution in [1.29, 1.82) is 0 Å². The number of carbonyl (C=O) groups excluding carboxylic acids is 2. The summed E-state index contributed by atoms with van der Waals surface area (Å²) >= 11 is 0. The fourth-order valence-electron chi connectivity index (χ4n) is 3.96. The van der Waals surface area contributed by atoms with Gasteiger partial charge in [0, 0.05) is 56.6 Å². The van der Waals surface area contributed by atoms with E-state index in [9.17, 15) is 9.59 Å². The van der Waals surface area contributed by atoms with E-state index >= 15 is 0 Å². The quantitative estimate of drug-likeness (QED) is 0.499. The van der Waals surface area contributed by atoms with Crippen LogP contribution in [0.1, 0.15) is 48.5 Å². The lowest BCUT2D eigenvalue weighted by Gasteiger charge is -2.35. The van der Waals surface area contributed by atoms with Gasteiger partial charge in [-0.3, -0.25) is 14.6 Å². The summed E-state index contributed by atoms with van der Waals surface area (Å²) in [6, 6.07) is 7.43. The zero-order valence-corrected chi connectivity index (χ0v) is 18.1. The van der Waals surface area contributed by atoms with Gasteiger partial charge in [-0.05, 0) is 43.5 Å². The number of rotatable bonds is 8. The van der Waals surface area contributed by atoms with Gasteiger partial charge in [-0.25, -0.2) is 0 Å². The number of ether oxygens (including phenoxy) is 1. The van der Waals surface area contributed by atoms with Crippen LogP contribution >= 0.6 is 0 Å². The maximum atomic E-state index is 12.9. The van der Waals surface area contributed by atoms with E-state index in [4.69, 9.17) is 9.26 Å². The number of esters is 1. The molecule has 1 amide bonds. The van der Waals surface area contributed by atoms with Gasteiger partial charge in [0.1, 0.15) is 5.69 Å². The molecule has 0 spiro atoms. The lowest BCUT2D eigenvalue weighted by atomic mass is 9.99. The summed E-state index contributed by atoms with van der Waals surface area (Å²) in [5, 5.41) is 3.92. The van der Waals surface area contributed by atoms with Gasteiger partial charge in [0.15, 0.2) is 0 Å². The molecule has 1 aliphatic rings. The third-order valence-electron chi connectivity index (χ3n) is 5.70. The predicted octanol–water partition coefficient (Wildman–Crippen LogP) is 3.03. The van der Waals surface area contributed by atoms with Crippen LogP contribution in [0.25, 0.3) is 11.4 Å². The van der Waals surface area contributed by atoms with Gasteiger partial charge in [-0.2, -0.15) is 4.98 Å². The van der Waals surface area contributed by atoms with Gasteiger partial charge in [0.25, 0.3) is 5.91 Å². The minimum absolute atomic E-state index is 0.0364. The summed E-state index contributed by atoms with van der Waals surface area (Å²) in [5.41, 5.74) is 1.44. The van der Waals surface area contributed by atoms with Crippen LogP contribution in [-0.2, 0) is 23.0 Å². The van der Waals surface area contributed by atoms with Crippen LogP contribution in [0.2, 0.25) is 0 Å². The van der Waals surface area contributed by atoms with Crippen LogP contribution < -0.4 is 0 Å². The minimum Gasteiger partial charge on any atom is -0.466 e. The van der Waals surface area contributed by atoms with E-state index in [1.54, 1.807) is 18.5 Å². The van der Waals surface area contributed by atoms with Gasteiger partial charge in [-0.15, -0.1) is 0 Å². The molecule has 1 atom stereocenters. The average Bonchev–Trinajstić information content (AvgIpc) is 3.47. The molecule has 0 saturated carbocycles. The number of aryl methyl sites for hydroxylation is 2. The number of pyridine rings is 1. The highest BCUT2D eigenvalue weighted by atomic mass is 16.5. The minimum atomic E-state index is -0.317. The topological polar surface area (TPSA) is 103 Å². The first-order chi connectivity index (χ1) is 15.6. The second-order valence-electron chi connectivity index (χ2n) is 7.92. The third kappa shape index (κ3) is 5.22. The number of hydrogen-bond acceptors (Lipinski definition) is 7. The van der Waals surface area contributed by atoms with Crippen LogP contribution in [-0.4, -0.2) is 55.7 Å². The Bertz CT molecular complexity index is 1050. The first-order valence-electron chi connectivity index (χ1n) is 10.9. The molecule has 4 rings (SSSR count). The van der Waals surface area contributed by atoms with Crippen molar-refractivity contribution in [2.75, 3.05) is 13.2 Å². The number of amides is 1. The van der Waals surface area contributed by atoms with E-state index in [2.05, 4.69) is 15.1 Å². The van der Waals surface area contributed by atoms with E-state index in [0.717, 1.165) is 31.4 Å². The monoisotopic (exact) mass is 437 g/mol. The first kappa shape index (κ1) is 21.7. The molecule has 4 heterocycles. The molecule has 1 fully saturated rings. The summed E-state index contributed by atoms with van der Waals surface area (Å²) in [7, 11) is 1.87. The molecule has 3 aromatic rings. The Morgan fingerprint density at radius 1 is 1.25 bits per heavy atom. The highest BCUT2D eigenvalue weighted by Gasteiger charge is 2.28. The van der Waals surface area contributed by atoms with E-state index in [0.29, 0.717) is 30.3 Å². The Morgan fingerprint density at radius 2 is 2.16 bits per heavy atom. The van der Waals surface area contributed by atoms with Crippen LogP contribution in [0.15, 0.2) is 47.4 Å². The molecule has 32 heavy (non-hydrogen) atoms. The van der Waals surface area contributed by atoms with Crippen molar-refractivity contribution in [2.24, 2.45) is 7.05 Å². The molecule has 0 N–H and O–H groups in total. The SMILES string of the molecule is Cn1cccc1C(=O)N1CCCCC1CCOC(=O)CCc1nc(-c2cccnc2)no1. The number of carbonyl (C=O) groups is 2. The van der Waals surface area contributed by atoms with E-state index in [1.807, 2.05) is 40.9 Å². The molecular weight excluding hydrogens is 410 g/mol. The van der Waals surface area contributed by atoms with Crippen molar-refractivity contribution >= 4 is 11.9 Å². The molecule has 1 saturated heterocycles. The van der Waals surface area contributed by atoms with Crippen molar-refractivity contribution in [2.45, 2.75) is 44.6 Å². The summed E-state index contributed by atoms with van der Waals surface area (Å²) in [6.45, 7) is 1.02. The molecular formula is C23H27N5O4. The van der Waals surface area contributed by atoms with Crippen LogP contribution in [0.4, 0.5) is 0 Å². The summed E-state index contributed by atoms with van der Waals surface area (Å²) in [5.74, 6) is 0.547. The highest BCUT2D eigenvalue weighted by Crippen LogP contribution is 2.22. The van der Waals surface area contributed by atoms with Crippen LogP contribution in [0.5, 0.6) is 0 Å². The Kier molecular flexibility index (Phi) is 6.94. The molecule has 0 aliphatic carbocycles. The summed E-state index contributed by atoms with van der Waals surface area (Å²) in [4.78, 5) is 35.3. The molecule has 0 radical (unpaired) electrons. The number of nitrogens with zero attached hydrogens (tertiary/aromatic N) is 5. The fourth-order valence-corrected chi connectivity index (χ4v) is 3.96. The lowest BCUT2D eigenvalue weighted by molar-refractivity contribution is -0.144. The van der Waals surface area contributed by atoms with E-state index in [1.165, 1.54) is 0 Å². The van der Waals surface area contributed by atoms with E-state index in [-0.39, 0.29) is 30.9 Å². The normalized spacial score (nSPS) is 16.2. The molecule has 1 unspecified atom stereocenters. The summed E-state index contributed by atoms with van der Waals surface area (Å²) in [6.07, 6.45) is 9.30. The molecule has 0 aromatic carbocycles. The molecule has 9 heteroatoms. The predicted molar refractivity (Wildman–Crippen MR) is 116 cm³/mol. The van der Waals surface area contributed by atoms with Crippen molar-refractivity contribution < 1.29 is 18.8 Å². The van der Waals surface area contributed by atoms with Crippen LogP contribution in [0.3, 0.4) is 0 Å². The second kappa shape index (κ2) is 10.2. The molecule has 3 aromatic heterocycles. The zero-order valence-electron chi connectivity index (χ0n) is 18.1. The zero-order chi connectivity index (χ0) is 22.3. The molecule has 0 bridgehead atoms. The number of hydrogen-bond donors (Lipinski definition) is 0. The number of piperidine rings is 1. The van der Waals surface area contributed by atoms with Gasteiger partial charge >= 0.3 is 5.97 Å². The van der Waals surface area contributed by atoms with Gasteiger partial charge < -0.3 is 18.7 Å². The Balaban J connectivity index is 1.23. The van der Waals surface area contributed by atoms with Crippen molar-refractivity contribution in [1.82, 2.24) is 24.6 Å². The molecule has 168 valence electrons. The van der Waals surface area contributed by atoms with Crippen molar-refractivity contribution in [3.63, 3.8) is 0 Å².